The molecule has 0 aromatic rings. The van der Waals surface area contributed by atoms with Gasteiger partial charge in [-0.15, -0.1) is 0 Å². The lowest BCUT2D eigenvalue weighted by Crippen LogP contribution is -2.50. The third kappa shape index (κ3) is 4.96. The summed E-state index contributed by atoms with van der Waals surface area (Å²) in [5.41, 5.74) is -0.178. The second kappa shape index (κ2) is 8.74. The molecule has 1 saturated heterocycles. The Morgan fingerprint density at radius 3 is 2.76 bits per heavy atom. The topological polar surface area (TPSA) is 50.4 Å². The van der Waals surface area contributed by atoms with E-state index in [-0.39, 0.29) is 11.3 Å². The van der Waals surface area contributed by atoms with E-state index in [1.165, 1.54) is 32.1 Å². The quantitative estimate of drug-likeness (QED) is 0.710. The molecule has 1 amide bonds. The van der Waals surface area contributed by atoms with Crippen LogP contribution in [0.25, 0.3) is 0 Å². The van der Waals surface area contributed by atoms with Crippen LogP contribution in [-0.2, 0) is 9.53 Å². The van der Waals surface area contributed by atoms with Gasteiger partial charge in [-0.25, -0.2) is 0 Å². The molecule has 1 aliphatic heterocycles. The fourth-order valence-corrected chi connectivity index (χ4v) is 3.57. The van der Waals surface area contributed by atoms with E-state index >= 15 is 0 Å². The molecule has 0 aromatic carbocycles. The molecule has 0 bridgehead atoms. The molecule has 0 aromatic heterocycles. The summed E-state index contributed by atoms with van der Waals surface area (Å²) >= 11 is 0. The summed E-state index contributed by atoms with van der Waals surface area (Å²) in [6, 6.07) is 0. The average molecular weight is 296 g/mol. The van der Waals surface area contributed by atoms with Crippen molar-refractivity contribution in [3.05, 3.63) is 0 Å². The van der Waals surface area contributed by atoms with Gasteiger partial charge in [-0.05, 0) is 45.1 Å². The van der Waals surface area contributed by atoms with Gasteiger partial charge in [-0.3, -0.25) is 4.79 Å². The molecule has 1 unspecified atom stereocenters. The van der Waals surface area contributed by atoms with Gasteiger partial charge in [-0.1, -0.05) is 26.2 Å². The lowest BCUT2D eigenvalue weighted by Gasteiger charge is -2.35. The van der Waals surface area contributed by atoms with Crippen LogP contribution in [0.1, 0.15) is 64.7 Å². The molecular formula is C17H32N2O2. The highest BCUT2D eigenvalue weighted by Crippen LogP contribution is 2.30. The van der Waals surface area contributed by atoms with E-state index in [4.69, 9.17) is 4.74 Å². The Morgan fingerprint density at radius 2 is 2.10 bits per heavy atom. The second-order valence-corrected chi connectivity index (χ2v) is 6.65. The van der Waals surface area contributed by atoms with Crippen LogP contribution in [0.5, 0.6) is 0 Å². The minimum atomic E-state index is -0.178. The number of nitrogens with one attached hydrogen (secondary N) is 2. The Hall–Kier alpha value is -0.610. The van der Waals surface area contributed by atoms with E-state index in [0.717, 1.165) is 51.9 Å². The Kier molecular flexibility index (Phi) is 6.97. The standard InChI is InChI=1S/C17H32N2O2/c1-2-17(10-6-11-18-14-17)16(20)19-12-7-13-21-15-8-4-3-5-9-15/h15,18H,2-14H2,1H3,(H,19,20). The number of hydrogen-bond acceptors (Lipinski definition) is 3. The SMILES string of the molecule is CCC1(C(=O)NCCCOC2CCCCC2)CCCNC1. The molecule has 0 spiro atoms. The van der Waals surface area contributed by atoms with Gasteiger partial charge in [0.05, 0.1) is 11.5 Å². The van der Waals surface area contributed by atoms with Crippen LogP contribution in [0.3, 0.4) is 0 Å². The Bertz CT molecular complexity index is 308. The smallest absolute Gasteiger partial charge is 0.227 e. The molecule has 2 aliphatic rings. The summed E-state index contributed by atoms with van der Waals surface area (Å²) in [7, 11) is 0. The summed E-state index contributed by atoms with van der Waals surface area (Å²) in [6.45, 7) is 5.52. The second-order valence-electron chi connectivity index (χ2n) is 6.65. The van der Waals surface area contributed by atoms with Gasteiger partial charge in [0.2, 0.25) is 5.91 Å². The zero-order valence-corrected chi connectivity index (χ0v) is 13.6. The molecule has 2 N–H and O–H groups in total. The monoisotopic (exact) mass is 296 g/mol. The first kappa shape index (κ1) is 16.8. The van der Waals surface area contributed by atoms with Crippen LogP contribution in [0.4, 0.5) is 0 Å². The first-order chi connectivity index (χ1) is 10.3. The van der Waals surface area contributed by atoms with Crippen LogP contribution in [-0.4, -0.2) is 38.3 Å². The summed E-state index contributed by atoms with van der Waals surface area (Å²) < 4.78 is 5.90. The van der Waals surface area contributed by atoms with Gasteiger partial charge in [0, 0.05) is 19.7 Å². The Labute approximate surface area is 129 Å². The zero-order chi connectivity index (χ0) is 15.0. The van der Waals surface area contributed by atoms with Crippen LogP contribution in [0, 0.1) is 5.41 Å². The third-order valence-corrected chi connectivity index (χ3v) is 5.14. The Balaban J connectivity index is 1.59. The van der Waals surface area contributed by atoms with Crippen molar-refractivity contribution in [2.24, 2.45) is 5.41 Å². The molecule has 1 aliphatic carbocycles. The minimum absolute atomic E-state index is 0.178. The number of piperidine rings is 1. The van der Waals surface area contributed by atoms with Crippen molar-refractivity contribution in [3.63, 3.8) is 0 Å². The molecule has 1 atom stereocenters. The van der Waals surface area contributed by atoms with Crippen molar-refractivity contribution in [2.75, 3.05) is 26.2 Å². The molecule has 1 heterocycles. The summed E-state index contributed by atoms with van der Waals surface area (Å²) in [4.78, 5) is 12.4. The van der Waals surface area contributed by atoms with E-state index in [2.05, 4.69) is 17.6 Å². The van der Waals surface area contributed by atoms with Crippen molar-refractivity contribution in [1.29, 1.82) is 0 Å². The van der Waals surface area contributed by atoms with Crippen LogP contribution in [0.2, 0.25) is 0 Å². The van der Waals surface area contributed by atoms with Crippen LogP contribution >= 0.6 is 0 Å². The first-order valence-electron chi connectivity index (χ1n) is 8.87. The normalized spacial score (nSPS) is 27.5. The maximum Gasteiger partial charge on any atom is 0.227 e. The third-order valence-electron chi connectivity index (χ3n) is 5.14. The molecular weight excluding hydrogens is 264 g/mol. The van der Waals surface area contributed by atoms with Crippen LogP contribution < -0.4 is 10.6 Å². The summed E-state index contributed by atoms with van der Waals surface area (Å²) in [6.07, 6.45) is 10.9. The fourth-order valence-electron chi connectivity index (χ4n) is 3.57. The van der Waals surface area contributed by atoms with Crippen molar-refractivity contribution in [3.8, 4) is 0 Å². The predicted octanol–water partition coefficient (Wildman–Crippen LogP) is 2.62. The molecule has 0 radical (unpaired) electrons. The number of carbonyl (C=O) groups excluding carboxylic acids is 1. The number of ether oxygens (including phenoxy) is 1. The highest BCUT2D eigenvalue weighted by atomic mass is 16.5. The van der Waals surface area contributed by atoms with Gasteiger partial charge in [0.1, 0.15) is 0 Å². The van der Waals surface area contributed by atoms with Gasteiger partial charge in [-0.2, -0.15) is 0 Å². The van der Waals surface area contributed by atoms with Gasteiger partial charge >= 0.3 is 0 Å². The summed E-state index contributed by atoms with van der Waals surface area (Å²) in [5, 5.41) is 6.49. The lowest BCUT2D eigenvalue weighted by atomic mass is 9.77. The van der Waals surface area contributed by atoms with Crippen molar-refractivity contribution < 1.29 is 9.53 Å². The first-order valence-corrected chi connectivity index (χ1v) is 8.87. The Morgan fingerprint density at radius 1 is 1.29 bits per heavy atom. The van der Waals surface area contributed by atoms with E-state index in [1.807, 2.05) is 0 Å². The predicted molar refractivity (Wildman–Crippen MR) is 85.3 cm³/mol. The van der Waals surface area contributed by atoms with Crippen molar-refractivity contribution in [2.45, 2.75) is 70.8 Å². The number of hydrogen-bond donors (Lipinski definition) is 2. The molecule has 21 heavy (non-hydrogen) atoms. The molecule has 4 nitrogen and oxygen atoms in total. The maximum absolute atomic E-state index is 12.4. The molecule has 122 valence electrons. The van der Waals surface area contributed by atoms with E-state index in [9.17, 15) is 4.79 Å². The highest BCUT2D eigenvalue weighted by Gasteiger charge is 2.37. The van der Waals surface area contributed by atoms with E-state index in [0.29, 0.717) is 6.10 Å². The maximum atomic E-state index is 12.4. The minimum Gasteiger partial charge on any atom is -0.378 e. The molecule has 2 rings (SSSR count). The zero-order valence-electron chi connectivity index (χ0n) is 13.6. The number of carbonyl (C=O) groups is 1. The number of amides is 1. The number of rotatable bonds is 7. The molecule has 2 fully saturated rings. The molecule has 4 heteroatoms. The molecule has 1 saturated carbocycles. The van der Waals surface area contributed by atoms with E-state index in [1.54, 1.807) is 0 Å². The van der Waals surface area contributed by atoms with Crippen molar-refractivity contribution >= 4 is 5.91 Å². The van der Waals surface area contributed by atoms with Crippen molar-refractivity contribution in [1.82, 2.24) is 10.6 Å². The fraction of sp³-hybridized carbons (Fsp3) is 0.941. The largest absolute Gasteiger partial charge is 0.378 e. The van der Waals surface area contributed by atoms with E-state index < -0.39 is 0 Å². The van der Waals surface area contributed by atoms with Gasteiger partial charge in [0.15, 0.2) is 0 Å². The average Bonchev–Trinajstić information content (AvgIpc) is 2.56. The van der Waals surface area contributed by atoms with Gasteiger partial charge < -0.3 is 15.4 Å². The van der Waals surface area contributed by atoms with Gasteiger partial charge in [0.25, 0.3) is 0 Å². The lowest BCUT2D eigenvalue weighted by molar-refractivity contribution is -0.132. The van der Waals surface area contributed by atoms with Crippen LogP contribution in [0.15, 0.2) is 0 Å². The highest BCUT2D eigenvalue weighted by molar-refractivity contribution is 5.82. The summed E-state index contributed by atoms with van der Waals surface area (Å²) in [5.74, 6) is 0.231.